The van der Waals surface area contributed by atoms with E-state index in [1.54, 1.807) is 0 Å². The van der Waals surface area contributed by atoms with Gasteiger partial charge in [0.2, 0.25) is 0 Å². The molecule has 0 bridgehead atoms. The molecule has 0 fully saturated rings. The summed E-state index contributed by atoms with van der Waals surface area (Å²) >= 11 is 0. The van der Waals surface area contributed by atoms with Crippen LogP contribution < -0.4 is 29.6 Å². The maximum Gasteiger partial charge on any atom is 1.00 e. The normalized spacial score (nSPS) is 10.8. The predicted molar refractivity (Wildman–Crippen MR) is 31.6 cm³/mol. The summed E-state index contributed by atoms with van der Waals surface area (Å²) < 4.78 is 55.9. The van der Waals surface area contributed by atoms with Gasteiger partial charge in [-0.25, -0.2) is 10.5 Å². The second-order valence-corrected chi connectivity index (χ2v) is 3.01. The molecule has 0 amide bonds. The van der Waals surface area contributed by atoms with Gasteiger partial charge in [0.05, 0.1) is 0 Å². The number of hydrogen-bond acceptors (Lipinski definition) is 8. The van der Waals surface area contributed by atoms with Gasteiger partial charge >= 0.3 is 50.4 Å². The Morgan fingerprint density at radius 3 is 0.923 bits per heavy atom. The minimum atomic E-state index is -4.61. The Hall–Kier alpha value is 0.660. The summed E-state index contributed by atoms with van der Waals surface area (Å²) in [6.45, 7) is 0. The zero-order valence-electron chi connectivity index (χ0n) is 7.05. The Bertz CT molecular complexity index is 254. The monoisotopic (exact) mass is 252 g/mol. The van der Waals surface area contributed by atoms with Gasteiger partial charge in [-0.05, 0) is 0 Å². The van der Waals surface area contributed by atoms with Gasteiger partial charge in [0.15, 0.2) is 0 Å². The van der Waals surface area contributed by atoms with Gasteiger partial charge in [-0.3, -0.25) is 9.11 Å². The van der Waals surface area contributed by atoms with E-state index >= 15 is 0 Å². The van der Waals surface area contributed by atoms with Gasteiger partial charge in [0.1, 0.15) is 0 Å². The Balaban J connectivity index is -0.0000000625. The van der Waals surface area contributed by atoms with Crippen molar-refractivity contribution in [3.63, 3.8) is 0 Å². The van der Waals surface area contributed by atoms with Crippen LogP contribution in [-0.4, -0.2) is 36.5 Å². The summed E-state index contributed by atoms with van der Waals surface area (Å²) in [5.74, 6) is 0. The third-order valence-corrected chi connectivity index (χ3v) is 0.565. The Morgan fingerprint density at radius 1 is 0.846 bits per heavy atom. The summed E-state index contributed by atoms with van der Waals surface area (Å²) in [5, 5.41) is 14.1. The van der Waals surface area contributed by atoms with E-state index in [1.807, 2.05) is 0 Å². The number of hydrogen-bond donors (Lipinski definition) is 4. The standard InChI is InChI=1S/Na.2H2O5S.H/c;2*1-5-6(2,3)4;/h;2*1H,(H,2,3,4);/q+1;;;-1. The van der Waals surface area contributed by atoms with Crippen molar-refractivity contribution in [2.75, 3.05) is 0 Å². The van der Waals surface area contributed by atoms with Crippen LogP contribution in [0.3, 0.4) is 0 Å². The van der Waals surface area contributed by atoms with Crippen molar-refractivity contribution >= 4 is 20.8 Å². The zero-order valence-corrected chi connectivity index (χ0v) is 9.69. The number of rotatable bonds is 2. The van der Waals surface area contributed by atoms with Gasteiger partial charge in [-0.1, -0.05) is 8.67 Å². The second kappa shape index (κ2) is 8.01. The fourth-order valence-corrected chi connectivity index (χ4v) is 0. The minimum absolute atomic E-state index is 0. The van der Waals surface area contributed by atoms with Crippen LogP contribution >= 0.6 is 0 Å². The SMILES string of the molecule is O=S(=O)(O)OO.O=S(=O)(O)OO.[H-].[Na+]. The van der Waals surface area contributed by atoms with Crippen LogP contribution in [0.5, 0.6) is 0 Å². The van der Waals surface area contributed by atoms with Crippen molar-refractivity contribution in [2.45, 2.75) is 0 Å². The van der Waals surface area contributed by atoms with Crippen LogP contribution in [0.4, 0.5) is 0 Å². The van der Waals surface area contributed by atoms with E-state index in [1.165, 1.54) is 0 Å². The fraction of sp³-hybridized carbons (Fsp3) is 0. The van der Waals surface area contributed by atoms with Gasteiger partial charge < -0.3 is 1.43 Å². The molecule has 0 radical (unpaired) electrons. The van der Waals surface area contributed by atoms with E-state index in [2.05, 4.69) is 8.67 Å². The molecule has 0 aliphatic rings. The molecule has 0 aromatic carbocycles. The molecule has 13 heavy (non-hydrogen) atoms. The topological polar surface area (TPSA) is 168 Å². The first-order valence-electron chi connectivity index (χ1n) is 1.73. The van der Waals surface area contributed by atoms with Gasteiger partial charge in [0.25, 0.3) is 0 Å². The van der Waals surface area contributed by atoms with Crippen molar-refractivity contribution in [1.29, 1.82) is 0 Å². The molecule has 0 aromatic heterocycles. The molecule has 0 heterocycles. The first-order valence-corrected chi connectivity index (χ1v) is 4.46. The van der Waals surface area contributed by atoms with Crippen LogP contribution in [0.1, 0.15) is 1.43 Å². The summed E-state index contributed by atoms with van der Waals surface area (Å²) in [6.07, 6.45) is 0. The van der Waals surface area contributed by atoms with Crippen LogP contribution in [0, 0.1) is 0 Å². The Labute approximate surface area is 96.6 Å². The molecule has 4 N–H and O–H groups in total. The third kappa shape index (κ3) is 32.4. The zero-order chi connectivity index (χ0) is 10.4. The molecule has 0 atom stereocenters. The maximum atomic E-state index is 9.08. The quantitative estimate of drug-likeness (QED) is 0.163. The molecule has 0 spiro atoms. The summed E-state index contributed by atoms with van der Waals surface area (Å²) in [6, 6.07) is 0. The second-order valence-electron chi connectivity index (χ2n) is 1.00. The van der Waals surface area contributed by atoms with Crippen LogP contribution in [-0.2, 0) is 29.5 Å². The fourth-order valence-electron chi connectivity index (χ4n) is 0. The van der Waals surface area contributed by atoms with Crippen molar-refractivity contribution < 1.29 is 76.1 Å². The Morgan fingerprint density at radius 2 is 0.923 bits per heavy atom. The van der Waals surface area contributed by atoms with Crippen LogP contribution in [0.25, 0.3) is 0 Å². The Kier molecular flexibility index (Phi) is 11.9. The maximum absolute atomic E-state index is 9.08. The predicted octanol–water partition coefficient (Wildman–Crippen LogP) is -4.33. The van der Waals surface area contributed by atoms with Crippen molar-refractivity contribution in [2.24, 2.45) is 0 Å². The van der Waals surface area contributed by atoms with E-state index in [4.69, 9.17) is 36.5 Å². The van der Waals surface area contributed by atoms with Crippen molar-refractivity contribution in [3.8, 4) is 0 Å². The summed E-state index contributed by atoms with van der Waals surface area (Å²) in [4.78, 5) is 0. The molecule has 0 unspecified atom stereocenters. The van der Waals surface area contributed by atoms with E-state index in [-0.39, 0.29) is 31.0 Å². The molecule has 78 valence electrons. The third-order valence-electron chi connectivity index (χ3n) is 0.188. The molecule has 0 rings (SSSR count). The first-order chi connectivity index (χ1) is 5.12. The van der Waals surface area contributed by atoms with E-state index in [0.717, 1.165) is 0 Å². The molecular formula is H5NaO10S2. The molecule has 0 aliphatic carbocycles. The minimum Gasteiger partial charge on any atom is -1.00 e. The van der Waals surface area contributed by atoms with E-state index < -0.39 is 20.8 Å². The molecule has 0 saturated heterocycles. The van der Waals surface area contributed by atoms with Gasteiger partial charge in [-0.2, -0.15) is 16.8 Å². The largest absolute Gasteiger partial charge is 1.00 e. The molecule has 0 saturated carbocycles. The molecule has 10 nitrogen and oxygen atoms in total. The summed E-state index contributed by atoms with van der Waals surface area (Å²) in [7, 11) is -9.21. The van der Waals surface area contributed by atoms with Crippen LogP contribution in [0.2, 0.25) is 0 Å². The average Bonchev–Trinajstić information content (AvgIpc) is 1.86. The van der Waals surface area contributed by atoms with Crippen LogP contribution in [0.15, 0.2) is 0 Å². The molecule has 0 aromatic rings. The average molecular weight is 252 g/mol. The summed E-state index contributed by atoms with van der Waals surface area (Å²) in [5.41, 5.74) is 0. The van der Waals surface area contributed by atoms with Crippen molar-refractivity contribution in [1.82, 2.24) is 0 Å². The van der Waals surface area contributed by atoms with Gasteiger partial charge in [-0.15, -0.1) is 0 Å². The molecular weight excluding hydrogens is 247 g/mol. The first kappa shape index (κ1) is 19.3. The molecule has 0 aliphatic heterocycles. The van der Waals surface area contributed by atoms with E-state index in [9.17, 15) is 0 Å². The smallest absolute Gasteiger partial charge is 1.00 e. The van der Waals surface area contributed by atoms with Gasteiger partial charge in [0, 0.05) is 0 Å². The van der Waals surface area contributed by atoms with E-state index in [0.29, 0.717) is 0 Å². The van der Waals surface area contributed by atoms with Crippen molar-refractivity contribution in [3.05, 3.63) is 0 Å². The molecule has 13 heteroatoms.